The number of methoxy groups -OCH3 is 1. The minimum Gasteiger partial charge on any atom is -0.497 e. The van der Waals surface area contributed by atoms with Gasteiger partial charge in [0, 0.05) is 11.4 Å². The van der Waals surface area contributed by atoms with Crippen LogP contribution in [-0.2, 0) is 6.61 Å². The maximum Gasteiger partial charge on any atom is 0.249 e. The largest absolute Gasteiger partial charge is 0.497 e. The second-order valence-corrected chi connectivity index (χ2v) is 6.44. The molecular formula is C23H21N5O2. The highest BCUT2D eigenvalue weighted by Crippen LogP contribution is 2.21. The van der Waals surface area contributed by atoms with Crippen LogP contribution in [0.25, 0.3) is 0 Å². The van der Waals surface area contributed by atoms with Crippen LogP contribution in [0.15, 0.2) is 85.1 Å². The third kappa shape index (κ3) is 5.23. The molecule has 0 saturated carbocycles. The van der Waals surface area contributed by atoms with Crippen molar-refractivity contribution < 1.29 is 9.47 Å². The molecule has 0 atom stereocenters. The van der Waals surface area contributed by atoms with E-state index in [1.165, 1.54) is 0 Å². The number of benzene rings is 3. The number of aromatic nitrogens is 3. The first-order valence-corrected chi connectivity index (χ1v) is 9.43. The van der Waals surface area contributed by atoms with Gasteiger partial charge in [-0.25, -0.2) is 0 Å². The number of hydrogen-bond donors (Lipinski definition) is 2. The van der Waals surface area contributed by atoms with Gasteiger partial charge in [0.1, 0.15) is 18.1 Å². The maximum absolute atomic E-state index is 5.81. The standard InChI is InChI=1S/C23H21N5O2/c1-29-20-11-7-18(8-12-20)25-22-15-24-28-23(27-22)26-19-9-13-21(14-10-19)30-16-17-5-3-2-4-6-17/h2-15H,16H2,1H3,(H2,25,26,27,28). The van der Waals surface area contributed by atoms with Crippen LogP contribution in [-0.4, -0.2) is 22.3 Å². The van der Waals surface area contributed by atoms with E-state index >= 15 is 0 Å². The lowest BCUT2D eigenvalue weighted by Gasteiger charge is -2.09. The van der Waals surface area contributed by atoms with Crippen LogP contribution in [0.5, 0.6) is 11.5 Å². The highest BCUT2D eigenvalue weighted by atomic mass is 16.5. The van der Waals surface area contributed by atoms with Crippen molar-refractivity contribution in [1.29, 1.82) is 0 Å². The minimum absolute atomic E-state index is 0.395. The number of ether oxygens (including phenoxy) is 2. The number of nitrogens with zero attached hydrogens (tertiary/aromatic N) is 3. The van der Waals surface area contributed by atoms with Crippen molar-refractivity contribution in [2.75, 3.05) is 17.7 Å². The van der Waals surface area contributed by atoms with Crippen LogP contribution in [0, 0.1) is 0 Å². The van der Waals surface area contributed by atoms with Crippen LogP contribution in [0.1, 0.15) is 5.56 Å². The zero-order valence-corrected chi connectivity index (χ0v) is 16.4. The molecule has 0 fully saturated rings. The average molecular weight is 399 g/mol. The van der Waals surface area contributed by atoms with E-state index in [2.05, 4.69) is 25.8 Å². The smallest absolute Gasteiger partial charge is 0.249 e. The van der Waals surface area contributed by atoms with Crippen LogP contribution >= 0.6 is 0 Å². The Labute approximate surface area is 174 Å². The van der Waals surface area contributed by atoms with Crippen LogP contribution in [0.3, 0.4) is 0 Å². The van der Waals surface area contributed by atoms with E-state index in [-0.39, 0.29) is 0 Å². The first-order chi connectivity index (χ1) is 14.8. The van der Waals surface area contributed by atoms with Gasteiger partial charge in [-0.1, -0.05) is 30.3 Å². The van der Waals surface area contributed by atoms with E-state index in [1.807, 2.05) is 78.9 Å². The van der Waals surface area contributed by atoms with Gasteiger partial charge >= 0.3 is 0 Å². The van der Waals surface area contributed by atoms with E-state index in [4.69, 9.17) is 9.47 Å². The second-order valence-electron chi connectivity index (χ2n) is 6.44. The molecule has 0 aliphatic carbocycles. The summed E-state index contributed by atoms with van der Waals surface area (Å²) in [5, 5.41) is 14.4. The van der Waals surface area contributed by atoms with E-state index in [1.54, 1.807) is 13.3 Å². The van der Waals surface area contributed by atoms with Crippen molar-refractivity contribution in [3.8, 4) is 11.5 Å². The second kappa shape index (κ2) is 9.38. The van der Waals surface area contributed by atoms with Gasteiger partial charge in [-0.15, -0.1) is 5.10 Å². The third-order valence-corrected chi connectivity index (χ3v) is 4.28. The Balaban J connectivity index is 1.36. The average Bonchev–Trinajstić information content (AvgIpc) is 2.80. The molecule has 0 aliphatic heterocycles. The molecule has 0 bridgehead atoms. The topological polar surface area (TPSA) is 81.2 Å². The van der Waals surface area contributed by atoms with Gasteiger partial charge in [-0.05, 0) is 54.1 Å². The van der Waals surface area contributed by atoms with Crippen molar-refractivity contribution in [2.45, 2.75) is 6.61 Å². The maximum atomic E-state index is 5.81. The molecular weight excluding hydrogens is 378 g/mol. The monoisotopic (exact) mass is 399 g/mol. The van der Waals surface area contributed by atoms with Crippen molar-refractivity contribution in [2.24, 2.45) is 0 Å². The van der Waals surface area contributed by atoms with Crippen molar-refractivity contribution in [3.05, 3.63) is 90.6 Å². The molecule has 1 aromatic heterocycles. The van der Waals surface area contributed by atoms with Gasteiger partial charge in [0.05, 0.1) is 13.3 Å². The fourth-order valence-corrected chi connectivity index (χ4v) is 2.74. The lowest BCUT2D eigenvalue weighted by molar-refractivity contribution is 0.306. The Morgan fingerprint density at radius 2 is 1.43 bits per heavy atom. The summed E-state index contributed by atoms with van der Waals surface area (Å²) < 4.78 is 11.0. The van der Waals surface area contributed by atoms with Crippen LogP contribution < -0.4 is 20.1 Å². The third-order valence-electron chi connectivity index (χ3n) is 4.28. The van der Waals surface area contributed by atoms with Crippen molar-refractivity contribution in [1.82, 2.24) is 15.2 Å². The summed E-state index contributed by atoms with van der Waals surface area (Å²) in [4.78, 5) is 4.45. The summed E-state index contributed by atoms with van der Waals surface area (Å²) in [6.45, 7) is 0.528. The molecule has 0 saturated heterocycles. The lowest BCUT2D eigenvalue weighted by Crippen LogP contribution is -2.02. The molecule has 7 heteroatoms. The molecule has 0 unspecified atom stereocenters. The molecule has 7 nitrogen and oxygen atoms in total. The predicted molar refractivity (Wildman–Crippen MR) is 117 cm³/mol. The van der Waals surface area contributed by atoms with E-state index < -0.39 is 0 Å². The summed E-state index contributed by atoms with van der Waals surface area (Å²) in [5.74, 6) is 2.56. The van der Waals surface area contributed by atoms with Crippen LogP contribution in [0.4, 0.5) is 23.1 Å². The summed E-state index contributed by atoms with van der Waals surface area (Å²) in [7, 11) is 1.64. The number of hydrogen-bond acceptors (Lipinski definition) is 7. The number of anilines is 4. The van der Waals surface area contributed by atoms with Gasteiger partial charge < -0.3 is 20.1 Å². The fourth-order valence-electron chi connectivity index (χ4n) is 2.74. The normalized spacial score (nSPS) is 10.3. The number of nitrogens with one attached hydrogen (secondary N) is 2. The first-order valence-electron chi connectivity index (χ1n) is 9.43. The summed E-state index contributed by atoms with van der Waals surface area (Å²) in [6.07, 6.45) is 1.57. The molecule has 0 aliphatic rings. The molecule has 2 N–H and O–H groups in total. The number of rotatable bonds is 8. The Bertz CT molecular complexity index is 1070. The highest BCUT2D eigenvalue weighted by Gasteiger charge is 2.03. The Hall–Kier alpha value is -4.13. The van der Waals surface area contributed by atoms with Crippen molar-refractivity contribution >= 4 is 23.1 Å². The molecule has 30 heavy (non-hydrogen) atoms. The van der Waals surface area contributed by atoms with E-state index in [0.717, 1.165) is 28.4 Å². The van der Waals surface area contributed by atoms with Gasteiger partial charge in [0.15, 0.2) is 5.82 Å². The molecule has 4 aromatic rings. The highest BCUT2D eigenvalue weighted by molar-refractivity contribution is 5.59. The quantitative estimate of drug-likeness (QED) is 0.434. The minimum atomic E-state index is 0.395. The summed E-state index contributed by atoms with van der Waals surface area (Å²) >= 11 is 0. The fraction of sp³-hybridized carbons (Fsp3) is 0.0870. The van der Waals surface area contributed by atoms with Gasteiger partial charge in [0.2, 0.25) is 5.95 Å². The predicted octanol–water partition coefficient (Wildman–Crippen LogP) is 4.95. The summed E-state index contributed by atoms with van der Waals surface area (Å²) in [5.41, 5.74) is 2.84. The van der Waals surface area contributed by atoms with Gasteiger partial charge in [0.25, 0.3) is 0 Å². The molecule has 0 radical (unpaired) electrons. The molecule has 3 aromatic carbocycles. The lowest BCUT2D eigenvalue weighted by atomic mass is 10.2. The first kappa shape index (κ1) is 19.2. The zero-order valence-electron chi connectivity index (χ0n) is 16.4. The van der Waals surface area contributed by atoms with Gasteiger partial charge in [-0.2, -0.15) is 10.1 Å². The van der Waals surface area contributed by atoms with Gasteiger partial charge in [-0.3, -0.25) is 0 Å². The molecule has 1 heterocycles. The Morgan fingerprint density at radius 3 is 2.13 bits per heavy atom. The zero-order chi connectivity index (χ0) is 20.6. The molecule has 0 amide bonds. The SMILES string of the molecule is COc1ccc(Nc2cnnc(Nc3ccc(OCc4ccccc4)cc3)n2)cc1. The molecule has 0 spiro atoms. The molecule has 4 rings (SSSR count). The Kier molecular flexibility index (Phi) is 6.00. The van der Waals surface area contributed by atoms with E-state index in [0.29, 0.717) is 18.4 Å². The van der Waals surface area contributed by atoms with Crippen LogP contribution in [0.2, 0.25) is 0 Å². The Morgan fingerprint density at radius 1 is 0.767 bits per heavy atom. The summed E-state index contributed by atoms with van der Waals surface area (Å²) in [6, 6.07) is 25.2. The van der Waals surface area contributed by atoms with E-state index in [9.17, 15) is 0 Å². The molecule has 150 valence electrons. The van der Waals surface area contributed by atoms with Crippen molar-refractivity contribution in [3.63, 3.8) is 0 Å².